The second kappa shape index (κ2) is 9.97. The first kappa shape index (κ1) is 24.4. The number of benzene rings is 1. The lowest BCUT2D eigenvalue weighted by Crippen LogP contribution is -2.49. The highest BCUT2D eigenvalue weighted by Gasteiger charge is 2.33. The maximum Gasteiger partial charge on any atom is 0.417 e. The molecule has 7 nitrogen and oxygen atoms in total. The summed E-state index contributed by atoms with van der Waals surface area (Å²) in [6.45, 7) is 2.34. The number of hydrogen-bond acceptors (Lipinski definition) is 5. The molecular weight excluding hydrogens is 447 g/mol. The lowest BCUT2D eigenvalue weighted by molar-refractivity contribution is -0.137. The van der Waals surface area contributed by atoms with Crippen molar-refractivity contribution < 1.29 is 31.2 Å². The molecule has 1 aromatic carbocycles. The molecule has 30 heavy (non-hydrogen) atoms. The van der Waals surface area contributed by atoms with Crippen LogP contribution in [0.25, 0.3) is 0 Å². The predicted molar refractivity (Wildman–Crippen MR) is 107 cm³/mol. The molecule has 2 amide bonds. The summed E-state index contributed by atoms with van der Waals surface area (Å²) < 4.78 is 61.1. The molecule has 0 unspecified atom stereocenters. The van der Waals surface area contributed by atoms with Gasteiger partial charge in [-0.05, 0) is 18.2 Å². The fourth-order valence-corrected chi connectivity index (χ4v) is 3.75. The zero-order chi connectivity index (χ0) is 22.5. The monoisotopic (exact) mass is 469 g/mol. The molecule has 1 aliphatic heterocycles. The van der Waals surface area contributed by atoms with Crippen LogP contribution in [0.15, 0.2) is 18.2 Å². The predicted octanol–water partition coefficient (Wildman–Crippen LogP) is 2.27. The van der Waals surface area contributed by atoms with Gasteiger partial charge in [-0.1, -0.05) is 11.6 Å². The van der Waals surface area contributed by atoms with Gasteiger partial charge in [-0.2, -0.15) is 13.2 Å². The van der Waals surface area contributed by atoms with E-state index in [1.54, 1.807) is 4.90 Å². The largest absolute Gasteiger partial charge is 0.417 e. The van der Waals surface area contributed by atoms with E-state index in [2.05, 4.69) is 5.32 Å². The number of alkyl halides is 3. The Bertz CT molecular complexity index is 885. The van der Waals surface area contributed by atoms with Crippen LogP contribution in [-0.4, -0.2) is 74.8 Å². The minimum Gasteiger partial charge on any atom is -0.340 e. The van der Waals surface area contributed by atoms with Crippen LogP contribution in [0, 0.1) is 0 Å². The van der Waals surface area contributed by atoms with Crippen molar-refractivity contribution in [2.45, 2.75) is 19.0 Å². The molecule has 0 saturated carbocycles. The van der Waals surface area contributed by atoms with Gasteiger partial charge in [0.25, 0.3) is 0 Å². The van der Waals surface area contributed by atoms with Crippen molar-refractivity contribution in [1.29, 1.82) is 0 Å². The third kappa shape index (κ3) is 7.77. The molecule has 1 aliphatic rings. The molecule has 0 atom stereocenters. The Morgan fingerprint density at radius 2 is 1.77 bits per heavy atom. The maximum absolute atomic E-state index is 12.9. The summed E-state index contributed by atoms with van der Waals surface area (Å²) in [6, 6.07) is 3.05. The van der Waals surface area contributed by atoms with Gasteiger partial charge in [0, 0.05) is 57.5 Å². The Balaban J connectivity index is 1.78. The molecule has 168 valence electrons. The van der Waals surface area contributed by atoms with Crippen LogP contribution in [0.1, 0.15) is 18.4 Å². The molecular formula is C18H23ClF3N3O4S. The lowest BCUT2D eigenvalue weighted by Gasteiger charge is -2.34. The Morgan fingerprint density at radius 1 is 1.13 bits per heavy atom. The third-order valence-electron chi connectivity index (χ3n) is 4.62. The van der Waals surface area contributed by atoms with E-state index in [-0.39, 0.29) is 30.2 Å². The number of nitrogens with zero attached hydrogens (tertiary/aromatic N) is 2. The molecule has 0 radical (unpaired) electrons. The van der Waals surface area contributed by atoms with Crippen molar-refractivity contribution in [2.24, 2.45) is 0 Å². The first-order valence-corrected chi connectivity index (χ1v) is 11.6. The van der Waals surface area contributed by atoms with Crippen LogP contribution >= 0.6 is 11.6 Å². The number of carbonyl (C=O) groups is 2. The van der Waals surface area contributed by atoms with Gasteiger partial charge in [-0.15, -0.1) is 0 Å². The number of carbonyl (C=O) groups excluding carboxylic acids is 2. The topological polar surface area (TPSA) is 86.8 Å². The standard InChI is InChI=1S/C18H23ClF3N3O4S/c1-30(28,29)11-10-24-6-8-25(9-7-24)17(27)5-4-16(26)23-13-2-3-15(19)14(12-13)18(20,21)22/h2-3,12H,4-11H2,1H3,(H,23,26). The summed E-state index contributed by atoms with van der Waals surface area (Å²) in [7, 11) is -3.05. The van der Waals surface area contributed by atoms with Crippen molar-refractivity contribution >= 4 is 38.9 Å². The molecule has 1 heterocycles. The first-order valence-electron chi connectivity index (χ1n) is 9.19. The second-order valence-corrected chi connectivity index (χ2v) is 9.76. The summed E-state index contributed by atoms with van der Waals surface area (Å²) in [5.74, 6) is -0.757. The summed E-state index contributed by atoms with van der Waals surface area (Å²) in [4.78, 5) is 27.8. The van der Waals surface area contributed by atoms with E-state index >= 15 is 0 Å². The van der Waals surface area contributed by atoms with Crippen LogP contribution < -0.4 is 5.32 Å². The van der Waals surface area contributed by atoms with E-state index in [4.69, 9.17) is 11.6 Å². The van der Waals surface area contributed by atoms with Crippen LogP contribution in [0.5, 0.6) is 0 Å². The van der Waals surface area contributed by atoms with Gasteiger partial charge in [0.05, 0.1) is 16.3 Å². The van der Waals surface area contributed by atoms with Crippen molar-refractivity contribution in [1.82, 2.24) is 9.80 Å². The number of nitrogens with one attached hydrogen (secondary N) is 1. The summed E-state index contributed by atoms with van der Waals surface area (Å²) in [5, 5.41) is 1.88. The smallest absolute Gasteiger partial charge is 0.340 e. The number of halogens is 4. The van der Waals surface area contributed by atoms with E-state index < -0.39 is 32.5 Å². The molecule has 0 aromatic heterocycles. The molecule has 0 aliphatic carbocycles. The Hall–Kier alpha value is -1.85. The fourth-order valence-electron chi connectivity index (χ4n) is 2.94. The van der Waals surface area contributed by atoms with Gasteiger partial charge < -0.3 is 10.2 Å². The number of sulfone groups is 1. The minimum absolute atomic E-state index is 0.0522. The van der Waals surface area contributed by atoms with Crippen molar-refractivity contribution in [3.8, 4) is 0 Å². The summed E-state index contributed by atoms with van der Waals surface area (Å²) in [6.07, 6.45) is -3.71. The number of rotatable bonds is 7. The average Bonchev–Trinajstić information content (AvgIpc) is 2.65. The molecule has 12 heteroatoms. The van der Waals surface area contributed by atoms with Gasteiger partial charge in [0.1, 0.15) is 9.84 Å². The van der Waals surface area contributed by atoms with Crippen LogP contribution in [0.2, 0.25) is 5.02 Å². The zero-order valence-electron chi connectivity index (χ0n) is 16.3. The van der Waals surface area contributed by atoms with Gasteiger partial charge in [0.2, 0.25) is 11.8 Å². The Morgan fingerprint density at radius 3 is 2.33 bits per heavy atom. The first-order chi connectivity index (χ1) is 13.8. The highest BCUT2D eigenvalue weighted by Crippen LogP contribution is 2.36. The van der Waals surface area contributed by atoms with E-state index in [1.807, 2.05) is 4.90 Å². The Kier molecular flexibility index (Phi) is 8.12. The molecule has 1 saturated heterocycles. The highest BCUT2D eigenvalue weighted by atomic mass is 35.5. The SMILES string of the molecule is CS(=O)(=O)CCN1CCN(C(=O)CCC(=O)Nc2ccc(Cl)c(C(F)(F)F)c2)CC1. The number of amides is 2. The van der Waals surface area contributed by atoms with Gasteiger partial charge in [-0.25, -0.2) is 8.42 Å². The lowest BCUT2D eigenvalue weighted by atomic mass is 10.2. The summed E-state index contributed by atoms with van der Waals surface area (Å²) in [5.41, 5.74) is -1.10. The van der Waals surface area contributed by atoms with Gasteiger partial charge in [0.15, 0.2) is 0 Å². The minimum atomic E-state index is -4.64. The van der Waals surface area contributed by atoms with Crippen LogP contribution in [-0.2, 0) is 25.6 Å². The van der Waals surface area contributed by atoms with Crippen molar-refractivity contribution in [2.75, 3.05) is 50.0 Å². The third-order valence-corrected chi connectivity index (χ3v) is 5.88. The second-order valence-electron chi connectivity index (χ2n) is 7.09. The molecule has 0 bridgehead atoms. The van der Waals surface area contributed by atoms with E-state index in [0.717, 1.165) is 12.1 Å². The maximum atomic E-state index is 12.9. The quantitative estimate of drug-likeness (QED) is 0.662. The number of piperazine rings is 1. The molecule has 0 spiro atoms. The van der Waals surface area contributed by atoms with E-state index in [0.29, 0.717) is 32.7 Å². The highest BCUT2D eigenvalue weighted by molar-refractivity contribution is 7.90. The van der Waals surface area contributed by atoms with Gasteiger partial charge in [-0.3, -0.25) is 14.5 Å². The van der Waals surface area contributed by atoms with Crippen molar-refractivity contribution in [3.05, 3.63) is 28.8 Å². The Labute approximate surface area is 178 Å². The molecule has 1 aromatic rings. The zero-order valence-corrected chi connectivity index (χ0v) is 17.9. The van der Waals surface area contributed by atoms with Crippen molar-refractivity contribution in [3.63, 3.8) is 0 Å². The number of anilines is 1. The van der Waals surface area contributed by atoms with Gasteiger partial charge >= 0.3 is 6.18 Å². The molecule has 1 fully saturated rings. The molecule has 1 N–H and O–H groups in total. The summed E-state index contributed by atoms with van der Waals surface area (Å²) >= 11 is 5.54. The average molecular weight is 470 g/mol. The normalized spacial score (nSPS) is 15.8. The van der Waals surface area contributed by atoms with Crippen LogP contribution in [0.4, 0.5) is 18.9 Å². The number of hydrogen-bond donors (Lipinski definition) is 1. The fraction of sp³-hybridized carbons (Fsp3) is 0.556. The van der Waals surface area contributed by atoms with E-state index in [9.17, 15) is 31.2 Å². The molecule has 2 rings (SSSR count). The van der Waals surface area contributed by atoms with E-state index in [1.165, 1.54) is 12.3 Å². The van der Waals surface area contributed by atoms with Crippen LogP contribution in [0.3, 0.4) is 0 Å².